The molecule has 4 saturated heterocycles. The van der Waals surface area contributed by atoms with Crippen molar-refractivity contribution in [2.75, 3.05) is 13.1 Å². The minimum absolute atomic E-state index is 0.145. The highest BCUT2D eigenvalue weighted by Crippen LogP contribution is 2.68. The van der Waals surface area contributed by atoms with Crippen LogP contribution in [0, 0.1) is 11.8 Å². The SMILES string of the molecule is C=CC(C)(C)c1[nH]c2ccccc2c1C=C1NC(=O)[C@]23[C@H](CCN2C1=O)[C@H]1CCN2C(=O)/C(=C/c4c(C(C)(C)C=C)[nH]c5ccccc45)NC(=O)[C@]123. The van der Waals surface area contributed by atoms with Crippen molar-refractivity contribution in [2.24, 2.45) is 11.8 Å². The number of piperazine rings is 2. The van der Waals surface area contributed by atoms with Gasteiger partial charge in [0.05, 0.1) is 0 Å². The molecule has 5 aliphatic rings. The Morgan fingerprint density at radius 2 is 1.04 bits per heavy atom. The van der Waals surface area contributed by atoms with Gasteiger partial charge in [0.25, 0.3) is 23.6 Å². The molecule has 1 saturated carbocycles. The first-order valence-corrected chi connectivity index (χ1v) is 18.0. The molecule has 4 amide bonds. The van der Waals surface area contributed by atoms with Gasteiger partial charge in [-0.1, -0.05) is 76.2 Å². The summed E-state index contributed by atoms with van der Waals surface area (Å²) in [7, 11) is 0. The number of allylic oxidation sites excluding steroid dienone is 2. The van der Waals surface area contributed by atoms with Crippen LogP contribution in [0.4, 0.5) is 0 Å². The van der Waals surface area contributed by atoms with E-state index >= 15 is 0 Å². The number of nitrogens with one attached hydrogen (secondary N) is 4. The second kappa shape index (κ2) is 10.5. The number of hydrogen-bond donors (Lipinski definition) is 4. The highest BCUT2D eigenvalue weighted by Gasteiger charge is 2.88. The smallest absolute Gasteiger partial charge is 0.271 e. The highest BCUT2D eigenvalue weighted by atomic mass is 16.2. The van der Waals surface area contributed by atoms with E-state index in [2.05, 4.69) is 33.8 Å². The summed E-state index contributed by atoms with van der Waals surface area (Å²) < 4.78 is 0. The van der Waals surface area contributed by atoms with Gasteiger partial charge in [0.2, 0.25) is 0 Å². The van der Waals surface area contributed by atoms with Gasteiger partial charge >= 0.3 is 0 Å². The van der Waals surface area contributed by atoms with E-state index in [1.807, 2.05) is 88.4 Å². The lowest BCUT2D eigenvalue weighted by atomic mass is 9.45. The van der Waals surface area contributed by atoms with E-state index in [9.17, 15) is 19.2 Å². The predicted octanol–water partition coefficient (Wildman–Crippen LogP) is 5.41. The average molecular weight is 695 g/mol. The molecule has 2 aromatic heterocycles. The number of H-pyrrole nitrogens is 2. The van der Waals surface area contributed by atoms with Crippen molar-refractivity contribution >= 4 is 57.6 Å². The Bertz CT molecular complexity index is 2220. The number of fused-ring (bicyclic) bond motifs is 3. The lowest BCUT2D eigenvalue weighted by Crippen LogP contribution is -2.92. The molecule has 4 aromatic rings. The van der Waals surface area contributed by atoms with E-state index in [-0.39, 0.29) is 35.0 Å². The van der Waals surface area contributed by atoms with Crippen LogP contribution < -0.4 is 10.6 Å². The van der Waals surface area contributed by atoms with E-state index in [1.165, 1.54) is 0 Å². The van der Waals surface area contributed by atoms with Crippen molar-refractivity contribution in [3.8, 4) is 0 Å². The maximum atomic E-state index is 14.7. The highest BCUT2D eigenvalue weighted by molar-refractivity contribution is 6.19. The van der Waals surface area contributed by atoms with Crippen molar-refractivity contribution in [3.63, 3.8) is 0 Å². The number of benzene rings is 2. The van der Waals surface area contributed by atoms with Gasteiger partial charge in [-0.05, 0) is 37.1 Å². The summed E-state index contributed by atoms with van der Waals surface area (Å²) >= 11 is 0. The third-order valence-electron chi connectivity index (χ3n) is 12.8. The number of hydrogen-bond acceptors (Lipinski definition) is 4. The van der Waals surface area contributed by atoms with Crippen molar-refractivity contribution in [2.45, 2.75) is 62.4 Å². The first-order chi connectivity index (χ1) is 24.8. The van der Waals surface area contributed by atoms with Crippen LogP contribution in [0.25, 0.3) is 34.0 Å². The third kappa shape index (κ3) is 3.74. The number of aromatic amines is 2. The largest absolute Gasteiger partial charge is 0.357 e. The number of carbonyl (C=O) groups is 4. The zero-order valence-corrected chi connectivity index (χ0v) is 29.9. The van der Waals surface area contributed by atoms with Crippen molar-refractivity contribution < 1.29 is 19.2 Å². The third-order valence-corrected chi connectivity index (χ3v) is 12.8. The molecule has 5 fully saturated rings. The monoisotopic (exact) mass is 694 g/mol. The van der Waals surface area contributed by atoms with Gasteiger partial charge < -0.3 is 30.4 Å². The standard InChI is InChI=1S/C42H42N6O4/c1-7-39(3,4)33-25(23-13-9-11-15-29(23)43-33)21-31-35(49)47-19-17-27-28-18-20-48-36(50)32(46-38(52)42(28,48)41(27,47)37(51)45-31)22-26-24-14-10-12-16-30(24)44-34(26)40(5,6)8-2/h7-16,21-22,27-28,43-44H,1-2,17-20H2,3-6H3,(H,45,51)(H,46,52)/b31-21-,32-22?/t27-,28-,41+,42+/m1/s1. The number of amides is 4. The number of para-hydroxylation sites is 2. The molecule has 9 rings (SSSR count). The second-order valence-electron chi connectivity index (χ2n) is 16.0. The first-order valence-electron chi connectivity index (χ1n) is 18.0. The number of rotatable bonds is 6. The molecule has 0 radical (unpaired) electrons. The maximum absolute atomic E-state index is 14.7. The van der Waals surface area contributed by atoms with Crippen LogP contribution in [-0.4, -0.2) is 67.6 Å². The number of aromatic nitrogens is 2. The fraction of sp³-hybridized carbons (Fsp3) is 0.333. The molecule has 10 nitrogen and oxygen atoms in total. The Labute approximate surface area is 301 Å². The van der Waals surface area contributed by atoms with E-state index in [0.717, 1.165) is 44.3 Å². The molecule has 0 unspecified atom stereocenters. The fourth-order valence-corrected chi connectivity index (χ4v) is 10.2. The Morgan fingerprint density at radius 3 is 1.42 bits per heavy atom. The lowest BCUT2D eigenvalue weighted by Gasteiger charge is -2.67. The van der Waals surface area contributed by atoms with Crippen molar-refractivity contribution in [3.05, 3.63) is 108 Å². The molecule has 264 valence electrons. The van der Waals surface area contributed by atoms with Gasteiger partial charge in [0.1, 0.15) is 11.4 Å². The van der Waals surface area contributed by atoms with Crippen LogP contribution in [0.5, 0.6) is 0 Å². The van der Waals surface area contributed by atoms with Crippen LogP contribution in [0.15, 0.2) is 85.2 Å². The molecule has 4 N–H and O–H groups in total. The molecule has 10 heteroatoms. The molecular weight excluding hydrogens is 652 g/mol. The summed E-state index contributed by atoms with van der Waals surface area (Å²) in [5.74, 6) is -2.05. The second-order valence-corrected chi connectivity index (χ2v) is 16.0. The Hall–Kier alpha value is -5.64. The summed E-state index contributed by atoms with van der Waals surface area (Å²) in [6.45, 7) is 16.9. The normalized spacial score (nSPS) is 28.5. The van der Waals surface area contributed by atoms with Crippen LogP contribution in [0.3, 0.4) is 0 Å². The lowest BCUT2D eigenvalue weighted by molar-refractivity contribution is -0.203. The minimum atomic E-state index is -1.51. The Morgan fingerprint density at radius 1 is 0.654 bits per heavy atom. The van der Waals surface area contributed by atoms with Gasteiger partial charge in [0, 0.05) is 80.1 Å². The fourth-order valence-electron chi connectivity index (χ4n) is 10.2. The summed E-state index contributed by atoms with van der Waals surface area (Å²) in [6, 6.07) is 15.7. The topological polar surface area (TPSA) is 130 Å². The van der Waals surface area contributed by atoms with Crippen LogP contribution in [0.2, 0.25) is 0 Å². The van der Waals surface area contributed by atoms with Gasteiger partial charge in [0.15, 0.2) is 11.1 Å². The first kappa shape index (κ1) is 32.3. The van der Waals surface area contributed by atoms with Crippen molar-refractivity contribution in [1.29, 1.82) is 0 Å². The van der Waals surface area contributed by atoms with Crippen LogP contribution in [-0.2, 0) is 30.0 Å². The van der Waals surface area contributed by atoms with Gasteiger partial charge in [-0.25, -0.2) is 0 Å². The van der Waals surface area contributed by atoms with Gasteiger partial charge in [-0.15, -0.1) is 13.2 Å². The minimum Gasteiger partial charge on any atom is -0.357 e. The van der Waals surface area contributed by atoms with E-state index in [4.69, 9.17) is 0 Å². The van der Waals surface area contributed by atoms with E-state index in [1.54, 1.807) is 22.0 Å². The summed E-state index contributed by atoms with van der Waals surface area (Å²) in [5.41, 5.74) is 1.49. The molecule has 2 aromatic carbocycles. The molecule has 4 aliphatic heterocycles. The summed E-state index contributed by atoms with van der Waals surface area (Å²) in [4.78, 5) is 68.9. The molecular formula is C42H42N6O4. The number of nitrogens with zero attached hydrogens (tertiary/aromatic N) is 2. The summed E-state index contributed by atoms with van der Waals surface area (Å²) in [5, 5.41) is 7.79. The molecule has 1 aliphatic carbocycles. The van der Waals surface area contributed by atoms with E-state index < -0.39 is 33.7 Å². The van der Waals surface area contributed by atoms with Gasteiger partial charge in [-0.2, -0.15) is 0 Å². The van der Waals surface area contributed by atoms with Gasteiger partial charge in [-0.3, -0.25) is 19.2 Å². The van der Waals surface area contributed by atoms with Crippen molar-refractivity contribution in [1.82, 2.24) is 30.4 Å². The zero-order valence-electron chi connectivity index (χ0n) is 29.9. The Kier molecular flexibility index (Phi) is 6.50. The van der Waals surface area contributed by atoms with Crippen LogP contribution in [0.1, 0.15) is 63.1 Å². The van der Waals surface area contributed by atoms with Crippen LogP contribution >= 0.6 is 0 Å². The van der Waals surface area contributed by atoms with E-state index in [0.29, 0.717) is 25.9 Å². The predicted molar refractivity (Wildman–Crippen MR) is 200 cm³/mol. The average Bonchev–Trinajstić information content (AvgIpc) is 3.88. The molecule has 52 heavy (non-hydrogen) atoms. The molecule has 2 spiro atoms. The quantitative estimate of drug-likeness (QED) is 0.159. The molecule has 4 atom stereocenters. The number of carbonyl (C=O) groups excluding carboxylic acids is 4. The molecule has 6 heterocycles. The maximum Gasteiger partial charge on any atom is 0.271 e. The molecule has 0 bridgehead atoms. The summed E-state index contributed by atoms with van der Waals surface area (Å²) in [6.07, 6.45) is 8.35. The zero-order chi connectivity index (χ0) is 36.5. The Balaban J connectivity index is 1.13.